The van der Waals surface area contributed by atoms with Crippen LogP contribution in [-0.2, 0) is 5.54 Å². The van der Waals surface area contributed by atoms with E-state index < -0.39 is 0 Å². The minimum atomic E-state index is -0.0541. The Morgan fingerprint density at radius 1 is 1.35 bits per heavy atom. The summed E-state index contributed by atoms with van der Waals surface area (Å²) in [7, 11) is 0. The summed E-state index contributed by atoms with van der Waals surface area (Å²) in [5.74, 6) is 0.933. The third kappa shape index (κ3) is 2.19. The van der Waals surface area contributed by atoms with Gasteiger partial charge >= 0.3 is 0 Å². The van der Waals surface area contributed by atoms with Crippen LogP contribution < -0.4 is 5.32 Å². The Balaban J connectivity index is 2.50. The molecule has 2 N–H and O–H groups in total. The minimum Gasteiger partial charge on any atom is -0.508 e. The van der Waals surface area contributed by atoms with Crippen molar-refractivity contribution in [2.45, 2.75) is 52.0 Å². The first-order valence-electron chi connectivity index (χ1n) is 6.53. The number of nitrogens with one attached hydrogen (secondary N) is 1. The molecular weight excluding hydrogens is 210 g/mol. The smallest absolute Gasteiger partial charge is 0.120 e. The average molecular weight is 233 g/mol. The monoisotopic (exact) mass is 233 g/mol. The molecule has 0 radical (unpaired) electrons. The fourth-order valence-electron chi connectivity index (χ4n) is 2.90. The molecule has 2 rings (SSSR count). The topological polar surface area (TPSA) is 32.3 Å². The number of rotatable bonds is 2. The molecule has 1 aliphatic rings. The van der Waals surface area contributed by atoms with Crippen LogP contribution in [0.5, 0.6) is 5.75 Å². The van der Waals surface area contributed by atoms with Crippen LogP contribution in [0.25, 0.3) is 0 Å². The van der Waals surface area contributed by atoms with Gasteiger partial charge in [0.05, 0.1) is 0 Å². The molecule has 1 saturated heterocycles. The Kier molecular flexibility index (Phi) is 3.17. The molecule has 1 aromatic rings. The zero-order valence-electron chi connectivity index (χ0n) is 11.3. The molecule has 0 bridgehead atoms. The third-order valence-electron chi connectivity index (χ3n) is 3.97. The maximum absolute atomic E-state index is 10.2. The molecule has 17 heavy (non-hydrogen) atoms. The lowest BCUT2D eigenvalue weighted by Gasteiger charge is -2.27. The van der Waals surface area contributed by atoms with E-state index in [2.05, 4.69) is 39.1 Å². The van der Waals surface area contributed by atoms with Crippen molar-refractivity contribution in [1.82, 2.24) is 5.32 Å². The number of hydrogen-bond acceptors (Lipinski definition) is 2. The third-order valence-corrected chi connectivity index (χ3v) is 3.97. The van der Waals surface area contributed by atoms with Crippen molar-refractivity contribution >= 4 is 0 Å². The SMILES string of the molecule is Cc1cc(O)c(C2(C)CCCN2)cc1C(C)C. The zero-order chi connectivity index (χ0) is 12.6. The second-order valence-corrected chi connectivity index (χ2v) is 5.74. The molecule has 1 atom stereocenters. The maximum Gasteiger partial charge on any atom is 0.120 e. The molecule has 1 heterocycles. The summed E-state index contributed by atoms with van der Waals surface area (Å²) in [6.07, 6.45) is 2.28. The van der Waals surface area contributed by atoms with Gasteiger partial charge in [-0.3, -0.25) is 0 Å². The second kappa shape index (κ2) is 4.34. The average Bonchev–Trinajstić information content (AvgIpc) is 2.65. The first kappa shape index (κ1) is 12.4. The second-order valence-electron chi connectivity index (χ2n) is 5.74. The van der Waals surface area contributed by atoms with Gasteiger partial charge in [-0.05, 0) is 62.4 Å². The summed E-state index contributed by atoms with van der Waals surface area (Å²) in [6.45, 7) is 9.71. The highest BCUT2D eigenvalue weighted by Crippen LogP contribution is 2.38. The predicted octanol–water partition coefficient (Wildman–Crippen LogP) is 3.42. The molecule has 0 aromatic heterocycles. The number of phenols is 1. The van der Waals surface area contributed by atoms with Gasteiger partial charge in [-0.1, -0.05) is 13.8 Å². The van der Waals surface area contributed by atoms with Crippen molar-refractivity contribution in [3.8, 4) is 5.75 Å². The molecule has 2 heteroatoms. The van der Waals surface area contributed by atoms with Gasteiger partial charge in [0.1, 0.15) is 5.75 Å². The predicted molar refractivity (Wildman–Crippen MR) is 71.5 cm³/mol. The molecule has 1 aromatic carbocycles. The first-order chi connectivity index (χ1) is 7.94. The van der Waals surface area contributed by atoms with Gasteiger partial charge in [0.25, 0.3) is 0 Å². The van der Waals surface area contributed by atoms with Crippen LogP contribution in [0.4, 0.5) is 0 Å². The van der Waals surface area contributed by atoms with E-state index in [9.17, 15) is 5.11 Å². The standard InChI is InChI=1S/C15H23NO/c1-10(2)12-9-13(14(17)8-11(12)3)15(4)6-5-7-16-15/h8-10,16-17H,5-7H2,1-4H3. The van der Waals surface area contributed by atoms with E-state index in [1.807, 2.05) is 6.07 Å². The van der Waals surface area contributed by atoms with Crippen molar-refractivity contribution in [3.63, 3.8) is 0 Å². The van der Waals surface area contributed by atoms with E-state index in [-0.39, 0.29) is 5.54 Å². The van der Waals surface area contributed by atoms with Crippen molar-refractivity contribution in [1.29, 1.82) is 0 Å². The molecule has 0 spiro atoms. The van der Waals surface area contributed by atoms with Gasteiger partial charge < -0.3 is 10.4 Å². The summed E-state index contributed by atoms with van der Waals surface area (Å²) in [6, 6.07) is 4.10. The quantitative estimate of drug-likeness (QED) is 0.820. The Hall–Kier alpha value is -1.02. The van der Waals surface area contributed by atoms with Crippen molar-refractivity contribution < 1.29 is 5.11 Å². The van der Waals surface area contributed by atoms with Gasteiger partial charge in [0.15, 0.2) is 0 Å². The lowest BCUT2D eigenvalue weighted by molar-refractivity contribution is 0.393. The van der Waals surface area contributed by atoms with Crippen molar-refractivity contribution in [2.75, 3.05) is 6.54 Å². The van der Waals surface area contributed by atoms with Crippen LogP contribution in [0.2, 0.25) is 0 Å². The summed E-state index contributed by atoms with van der Waals surface area (Å²) in [5.41, 5.74) is 3.53. The minimum absolute atomic E-state index is 0.0541. The molecule has 0 aliphatic carbocycles. The van der Waals surface area contributed by atoms with Crippen LogP contribution in [0, 0.1) is 6.92 Å². The molecule has 94 valence electrons. The summed E-state index contributed by atoms with van der Waals surface area (Å²) < 4.78 is 0. The van der Waals surface area contributed by atoms with E-state index in [1.54, 1.807) is 0 Å². The maximum atomic E-state index is 10.2. The Morgan fingerprint density at radius 2 is 2.06 bits per heavy atom. The normalized spacial score (nSPS) is 24.5. The van der Waals surface area contributed by atoms with Crippen molar-refractivity contribution in [2.24, 2.45) is 0 Å². The lowest BCUT2D eigenvalue weighted by Crippen LogP contribution is -2.33. The van der Waals surface area contributed by atoms with Gasteiger partial charge in [-0.2, -0.15) is 0 Å². The Bertz CT molecular complexity index is 417. The molecule has 0 saturated carbocycles. The zero-order valence-corrected chi connectivity index (χ0v) is 11.3. The summed E-state index contributed by atoms with van der Waals surface area (Å²) in [4.78, 5) is 0. The van der Waals surface area contributed by atoms with Gasteiger partial charge in [-0.15, -0.1) is 0 Å². The van der Waals surface area contributed by atoms with E-state index in [4.69, 9.17) is 0 Å². The fourth-order valence-corrected chi connectivity index (χ4v) is 2.90. The number of hydrogen-bond donors (Lipinski definition) is 2. The molecule has 1 aliphatic heterocycles. The Labute approximate surface area is 104 Å². The highest BCUT2D eigenvalue weighted by atomic mass is 16.3. The number of phenolic OH excluding ortho intramolecular Hbond substituents is 1. The fraction of sp³-hybridized carbons (Fsp3) is 0.600. The van der Waals surface area contributed by atoms with E-state index in [0.29, 0.717) is 11.7 Å². The van der Waals surface area contributed by atoms with Crippen LogP contribution >= 0.6 is 0 Å². The summed E-state index contributed by atoms with van der Waals surface area (Å²) in [5, 5.41) is 13.7. The van der Waals surface area contributed by atoms with E-state index in [1.165, 1.54) is 17.5 Å². The van der Waals surface area contributed by atoms with Crippen LogP contribution in [-0.4, -0.2) is 11.7 Å². The largest absolute Gasteiger partial charge is 0.508 e. The number of benzene rings is 1. The van der Waals surface area contributed by atoms with Crippen LogP contribution in [0.1, 0.15) is 56.2 Å². The molecular formula is C15H23NO. The summed E-state index contributed by atoms with van der Waals surface area (Å²) >= 11 is 0. The highest BCUT2D eigenvalue weighted by Gasteiger charge is 2.32. The first-order valence-corrected chi connectivity index (χ1v) is 6.53. The van der Waals surface area contributed by atoms with E-state index in [0.717, 1.165) is 18.5 Å². The Morgan fingerprint density at radius 3 is 2.59 bits per heavy atom. The lowest BCUT2D eigenvalue weighted by atomic mass is 9.85. The number of aromatic hydroxyl groups is 1. The number of aryl methyl sites for hydroxylation is 1. The molecule has 1 fully saturated rings. The molecule has 1 unspecified atom stereocenters. The van der Waals surface area contributed by atoms with E-state index >= 15 is 0 Å². The van der Waals surface area contributed by atoms with Crippen LogP contribution in [0.15, 0.2) is 12.1 Å². The molecule has 0 amide bonds. The van der Waals surface area contributed by atoms with Gasteiger partial charge in [0.2, 0.25) is 0 Å². The van der Waals surface area contributed by atoms with Gasteiger partial charge in [0, 0.05) is 11.1 Å². The highest BCUT2D eigenvalue weighted by molar-refractivity contribution is 5.46. The van der Waals surface area contributed by atoms with Gasteiger partial charge in [-0.25, -0.2) is 0 Å². The van der Waals surface area contributed by atoms with Crippen LogP contribution in [0.3, 0.4) is 0 Å². The van der Waals surface area contributed by atoms with Crippen molar-refractivity contribution in [3.05, 3.63) is 28.8 Å². The molecule has 2 nitrogen and oxygen atoms in total.